The molecule has 3 aromatic rings. The summed E-state index contributed by atoms with van der Waals surface area (Å²) in [7, 11) is 3.59. The first-order valence-electron chi connectivity index (χ1n) is 12.7. The fourth-order valence-electron chi connectivity index (χ4n) is 5.35. The zero-order chi connectivity index (χ0) is 25.2. The summed E-state index contributed by atoms with van der Waals surface area (Å²) in [5.74, 6) is 2.70. The topological polar surface area (TPSA) is 88.4 Å². The third-order valence-corrected chi connectivity index (χ3v) is 7.44. The number of nitrogens with one attached hydrogen (secondary N) is 1. The molecular weight excluding hydrogens is 454 g/mol. The Morgan fingerprint density at radius 2 is 2.00 bits per heavy atom. The van der Waals surface area contributed by atoms with Crippen LogP contribution in [0.4, 0.5) is 11.5 Å². The summed E-state index contributed by atoms with van der Waals surface area (Å²) in [6, 6.07) is 8.20. The highest BCUT2D eigenvalue weighted by Gasteiger charge is 2.32. The first kappa shape index (κ1) is 24.2. The maximum atomic E-state index is 12.9. The largest absolute Gasteiger partial charge is 0.496 e. The van der Waals surface area contributed by atoms with Gasteiger partial charge in [-0.2, -0.15) is 5.10 Å². The van der Waals surface area contributed by atoms with Crippen LogP contribution >= 0.6 is 0 Å². The predicted molar refractivity (Wildman–Crippen MR) is 139 cm³/mol. The number of para-hydroxylation sites is 1. The number of benzene rings is 1. The molecule has 0 bridgehead atoms. The van der Waals surface area contributed by atoms with Gasteiger partial charge in [-0.05, 0) is 52.1 Å². The van der Waals surface area contributed by atoms with Crippen molar-refractivity contribution in [3.63, 3.8) is 0 Å². The molecule has 0 radical (unpaired) electrons. The monoisotopic (exact) mass is 489 g/mol. The van der Waals surface area contributed by atoms with Crippen molar-refractivity contribution in [2.45, 2.75) is 52.1 Å². The molecular formula is C27H35N7O2. The molecule has 0 aliphatic carbocycles. The molecule has 0 unspecified atom stereocenters. The number of nitrogens with zero attached hydrogens (tertiary/aromatic N) is 6. The van der Waals surface area contributed by atoms with Crippen LogP contribution in [0.1, 0.15) is 53.6 Å². The second-order valence-corrected chi connectivity index (χ2v) is 9.75. The van der Waals surface area contributed by atoms with Gasteiger partial charge in [-0.25, -0.2) is 9.97 Å². The number of methoxy groups -OCH3 is 1. The number of amides is 1. The molecule has 4 heterocycles. The second kappa shape index (κ2) is 10.3. The molecule has 1 aromatic carbocycles. The summed E-state index contributed by atoms with van der Waals surface area (Å²) >= 11 is 0. The average Bonchev–Trinajstić information content (AvgIpc) is 3.46. The highest BCUT2D eigenvalue weighted by molar-refractivity contribution is 5.92. The van der Waals surface area contributed by atoms with Crippen molar-refractivity contribution in [2.75, 3.05) is 37.0 Å². The number of anilines is 2. The van der Waals surface area contributed by atoms with Crippen molar-refractivity contribution < 1.29 is 9.53 Å². The molecule has 2 aliphatic heterocycles. The minimum atomic E-state index is -0.0366. The smallest absolute Gasteiger partial charge is 0.238 e. The van der Waals surface area contributed by atoms with Gasteiger partial charge in [0.25, 0.3) is 0 Å². The van der Waals surface area contributed by atoms with Gasteiger partial charge in [-0.15, -0.1) is 0 Å². The fourth-order valence-corrected chi connectivity index (χ4v) is 5.35. The van der Waals surface area contributed by atoms with Crippen molar-refractivity contribution >= 4 is 17.4 Å². The molecule has 0 spiro atoms. The van der Waals surface area contributed by atoms with E-state index in [0.29, 0.717) is 6.54 Å². The summed E-state index contributed by atoms with van der Waals surface area (Å²) in [6.45, 7) is 6.89. The molecule has 9 heteroatoms. The number of fused-ring (bicyclic) bond motifs is 1. The van der Waals surface area contributed by atoms with Gasteiger partial charge in [0.15, 0.2) is 0 Å². The number of carbonyl (C=O) groups is 1. The first-order valence-corrected chi connectivity index (χ1v) is 12.7. The van der Waals surface area contributed by atoms with Gasteiger partial charge in [0.1, 0.15) is 17.4 Å². The number of likely N-dealkylation sites (tertiary alicyclic amines) is 1. The summed E-state index contributed by atoms with van der Waals surface area (Å²) in [5.41, 5.74) is 5.11. The number of ether oxygens (including phenoxy) is 1. The van der Waals surface area contributed by atoms with Crippen LogP contribution in [0.15, 0.2) is 30.5 Å². The highest BCUT2D eigenvalue weighted by Crippen LogP contribution is 2.35. The van der Waals surface area contributed by atoms with Crippen LogP contribution in [0.2, 0.25) is 0 Å². The van der Waals surface area contributed by atoms with Crippen molar-refractivity contribution in [3.05, 3.63) is 58.8 Å². The minimum absolute atomic E-state index is 0.0322. The molecule has 5 rings (SSSR count). The maximum Gasteiger partial charge on any atom is 0.238 e. The van der Waals surface area contributed by atoms with E-state index in [-0.39, 0.29) is 11.9 Å². The molecule has 190 valence electrons. The van der Waals surface area contributed by atoms with E-state index in [1.165, 1.54) is 5.56 Å². The van der Waals surface area contributed by atoms with Crippen LogP contribution in [-0.2, 0) is 24.8 Å². The van der Waals surface area contributed by atoms with Gasteiger partial charge in [-0.1, -0.05) is 18.2 Å². The highest BCUT2D eigenvalue weighted by atomic mass is 16.5. The van der Waals surface area contributed by atoms with Gasteiger partial charge in [0.05, 0.1) is 37.3 Å². The Hall–Kier alpha value is -3.46. The zero-order valence-corrected chi connectivity index (χ0v) is 21.6. The number of aryl methyl sites for hydroxylation is 2. The minimum Gasteiger partial charge on any atom is -0.496 e. The van der Waals surface area contributed by atoms with E-state index >= 15 is 0 Å². The third kappa shape index (κ3) is 4.80. The number of hydrogen-bond acceptors (Lipinski definition) is 7. The molecule has 9 nitrogen and oxygen atoms in total. The van der Waals surface area contributed by atoms with Gasteiger partial charge >= 0.3 is 0 Å². The van der Waals surface area contributed by atoms with Gasteiger partial charge in [0.2, 0.25) is 5.91 Å². The Kier molecular flexibility index (Phi) is 6.91. The molecule has 36 heavy (non-hydrogen) atoms. The Morgan fingerprint density at radius 3 is 2.78 bits per heavy atom. The van der Waals surface area contributed by atoms with E-state index in [0.717, 1.165) is 85.3 Å². The van der Waals surface area contributed by atoms with E-state index in [1.807, 2.05) is 32.2 Å². The van der Waals surface area contributed by atoms with Crippen molar-refractivity contribution in [1.29, 1.82) is 0 Å². The quantitative estimate of drug-likeness (QED) is 0.543. The van der Waals surface area contributed by atoms with E-state index in [2.05, 4.69) is 33.2 Å². The number of carbonyl (C=O) groups excluding carboxylic acids is 1. The van der Waals surface area contributed by atoms with Gasteiger partial charge in [-0.3, -0.25) is 14.4 Å². The van der Waals surface area contributed by atoms with Crippen LogP contribution in [-0.4, -0.2) is 57.3 Å². The standard InChI is InChI=1S/C27H35N7O2/c1-18-21-10-7-14-34(16-20-9-5-6-12-24(20)36-4)27(21)31-26(29-18)23-11-8-13-33(23)17-25(35)30-22-15-28-32(3)19(22)2/h5-6,9,12,15,23H,7-8,10-11,13-14,16-17H2,1-4H3,(H,30,35)/t23-/m0/s1. The van der Waals surface area contributed by atoms with Crippen LogP contribution in [0, 0.1) is 13.8 Å². The lowest BCUT2D eigenvalue weighted by Gasteiger charge is -2.32. The molecule has 1 fully saturated rings. The molecule has 2 aromatic heterocycles. The number of hydrogen-bond donors (Lipinski definition) is 1. The normalized spacial score (nSPS) is 17.8. The second-order valence-electron chi connectivity index (χ2n) is 9.75. The van der Waals surface area contributed by atoms with Crippen molar-refractivity contribution in [1.82, 2.24) is 24.6 Å². The van der Waals surface area contributed by atoms with Crippen LogP contribution in [0.25, 0.3) is 0 Å². The van der Waals surface area contributed by atoms with Crippen LogP contribution in [0.3, 0.4) is 0 Å². The lowest BCUT2D eigenvalue weighted by molar-refractivity contribution is -0.117. The number of aromatic nitrogens is 4. The zero-order valence-electron chi connectivity index (χ0n) is 21.6. The Bertz CT molecular complexity index is 1250. The van der Waals surface area contributed by atoms with E-state index in [1.54, 1.807) is 18.0 Å². The number of rotatable bonds is 7. The maximum absolute atomic E-state index is 12.9. The van der Waals surface area contributed by atoms with Crippen molar-refractivity contribution in [3.8, 4) is 5.75 Å². The van der Waals surface area contributed by atoms with E-state index < -0.39 is 0 Å². The molecule has 2 aliphatic rings. The summed E-state index contributed by atoms with van der Waals surface area (Å²) < 4.78 is 7.36. The summed E-state index contributed by atoms with van der Waals surface area (Å²) in [5, 5.41) is 7.23. The Balaban J connectivity index is 1.37. The SMILES string of the molecule is COc1ccccc1CN1CCCc2c(C)nc([C@@H]3CCCN3CC(=O)Nc3cnn(C)c3C)nc21. The molecule has 1 atom stereocenters. The van der Waals surface area contributed by atoms with Gasteiger partial charge in [0, 0.05) is 37.0 Å². The van der Waals surface area contributed by atoms with E-state index in [4.69, 9.17) is 14.7 Å². The predicted octanol–water partition coefficient (Wildman–Crippen LogP) is 3.56. The van der Waals surface area contributed by atoms with Crippen LogP contribution < -0.4 is 15.0 Å². The molecule has 0 saturated carbocycles. The first-order chi connectivity index (χ1) is 17.4. The summed E-state index contributed by atoms with van der Waals surface area (Å²) in [6.07, 6.45) is 5.74. The lowest BCUT2D eigenvalue weighted by atomic mass is 10.0. The molecule has 1 N–H and O–H groups in total. The summed E-state index contributed by atoms with van der Waals surface area (Å²) in [4.78, 5) is 27.5. The van der Waals surface area contributed by atoms with Gasteiger partial charge < -0.3 is 15.0 Å². The Labute approximate surface area is 212 Å². The van der Waals surface area contributed by atoms with Crippen LogP contribution in [0.5, 0.6) is 5.75 Å². The lowest BCUT2D eigenvalue weighted by Crippen LogP contribution is -2.35. The molecule has 1 saturated heterocycles. The van der Waals surface area contributed by atoms with E-state index in [9.17, 15) is 4.79 Å². The fraction of sp³-hybridized carbons (Fsp3) is 0.481. The average molecular weight is 490 g/mol. The molecule has 1 amide bonds. The van der Waals surface area contributed by atoms with Crippen molar-refractivity contribution in [2.24, 2.45) is 7.05 Å². The Morgan fingerprint density at radius 1 is 1.17 bits per heavy atom. The third-order valence-electron chi connectivity index (χ3n) is 7.44.